The van der Waals surface area contributed by atoms with Crippen LogP contribution in [0.4, 0.5) is 0 Å². The van der Waals surface area contributed by atoms with E-state index in [4.69, 9.17) is 4.74 Å². The van der Waals surface area contributed by atoms with Gasteiger partial charge < -0.3 is 14.7 Å². The van der Waals surface area contributed by atoms with Gasteiger partial charge in [-0.25, -0.2) is 0 Å². The van der Waals surface area contributed by atoms with Gasteiger partial charge in [0.2, 0.25) is 0 Å². The van der Waals surface area contributed by atoms with Gasteiger partial charge in [0.1, 0.15) is 11.9 Å². The Morgan fingerprint density at radius 2 is 2.00 bits per heavy atom. The van der Waals surface area contributed by atoms with E-state index < -0.39 is 6.10 Å². The van der Waals surface area contributed by atoms with Gasteiger partial charge in [-0.2, -0.15) is 0 Å². The monoisotopic (exact) mass is 225 g/mol. The summed E-state index contributed by atoms with van der Waals surface area (Å²) < 4.78 is 5.53. The normalized spacial score (nSPS) is 26.4. The highest BCUT2D eigenvalue weighted by Crippen LogP contribution is 2.38. The maximum Gasteiger partial charge on any atom is 0.129 e. The van der Waals surface area contributed by atoms with E-state index in [1.165, 1.54) is 19.3 Å². The summed E-state index contributed by atoms with van der Waals surface area (Å²) >= 11 is 0. The van der Waals surface area contributed by atoms with Crippen molar-refractivity contribution in [2.45, 2.75) is 50.2 Å². The molecule has 1 heterocycles. The molecule has 0 aromatic rings. The minimum atomic E-state index is -0.453. The molecule has 3 nitrogen and oxygen atoms in total. The van der Waals surface area contributed by atoms with Gasteiger partial charge in [-0.1, -0.05) is 19.3 Å². The topological polar surface area (TPSA) is 32.7 Å². The van der Waals surface area contributed by atoms with Crippen LogP contribution in [0.25, 0.3) is 0 Å². The molecule has 1 fully saturated rings. The molecule has 3 heteroatoms. The Hall–Kier alpha value is -0.540. The van der Waals surface area contributed by atoms with Gasteiger partial charge in [-0.15, -0.1) is 0 Å². The Kier molecular flexibility index (Phi) is 3.55. The first kappa shape index (κ1) is 11.9. The Labute approximate surface area is 98.1 Å². The Balaban J connectivity index is 2.17. The average molecular weight is 225 g/mol. The lowest BCUT2D eigenvalue weighted by Gasteiger charge is -2.46. The molecule has 1 saturated carbocycles. The fraction of sp³-hybridized carbons (Fsp3) is 0.846. The predicted octanol–water partition coefficient (Wildman–Crippen LogP) is 1.92. The van der Waals surface area contributed by atoms with E-state index in [-0.39, 0.29) is 5.54 Å². The van der Waals surface area contributed by atoms with Crippen LogP contribution in [0.15, 0.2) is 11.8 Å². The highest BCUT2D eigenvalue weighted by Gasteiger charge is 2.43. The Morgan fingerprint density at radius 3 is 2.50 bits per heavy atom. The maximum absolute atomic E-state index is 10.6. The first-order chi connectivity index (χ1) is 7.67. The minimum Gasteiger partial charge on any atom is -0.495 e. The molecule has 92 valence electrons. The SMILES string of the molecule is CN(C)C1(C(O)C2=CCCO2)CCCCC1. The van der Waals surface area contributed by atoms with Crippen LogP contribution in [0.3, 0.4) is 0 Å². The molecule has 0 bridgehead atoms. The lowest BCUT2D eigenvalue weighted by molar-refractivity contribution is -0.0364. The van der Waals surface area contributed by atoms with Gasteiger partial charge >= 0.3 is 0 Å². The first-order valence-corrected chi connectivity index (χ1v) is 6.35. The third-order valence-electron chi connectivity index (χ3n) is 4.12. The molecule has 1 atom stereocenters. The van der Waals surface area contributed by atoms with Crippen LogP contribution in [0, 0.1) is 0 Å². The molecular formula is C13H23NO2. The van der Waals surface area contributed by atoms with Crippen molar-refractivity contribution in [3.63, 3.8) is 0 Å². The van der Waals surface area contributed by atoms with Crippen molar-refractivity contribution in [3.05, 3.63) is 11.8 Å². The minimum absolute atomic E-state index is 0.103. The Morgan fingerprint density at radius 1 is 1.31 bits per heavy atom. The molecule has 16 heavy (non-hydrogen) atoms. The van der Waals surface area contributed by atoms with Crippen molar-refractivity contribution in [3.8, 4) is 0 Å². The largest absolute Gasteiger partial charge is 0.495 e. The van der Waals surface area contributed by atoms with Crippen LogP contribution < -0.4 is 0 Å². The first-order valence-electron chi connectivity index (χ1n) is 6.35. The van der Waals surface area contributed by atoms with Crippen molar-refractivity contribution < 1.29 is 9.84 Å². The number of aliphatic hydroxyl groups excluding tert-OH is 1. The van der Waals surface area contributed by atoms with E-state index in [2.05, 4.69) is 19.0 Å². The number of hydrogen-bond acceptors (Lipinski definition) is 3. The van der Waals surface area contributed by atoms with Crippen molar-refractivity contribution >= 4 is 0 Å². The second-order valence-corrected chi connectivity index (χ2v) is 5.20. The van der Waals surface area contributed by atoms with E-state index in [0.717, 1.165) is 31.6 Å². The van der Waals surface area contributed by atoms with Crippen LogP contribution in [0.5, 0.6) is 0 Å². The predicted molar refractivity (Wildman–Crippen MR) is 64.2 cm³/mol. The van der Waals surface area contributed by atoms with Gasteiger partial charge in [0.05, 0.1) is 12.1 Å². The van der Waals surface area contributed by atoms with E-state index in [1.54, 1.807) is 0 Å². The summed E-state index contributed by atoms with van der Waals surface area (Å²) in [4.78, 5) is 2.19. The average Bonchev–Trinajstić information content (AvgIpc) is 2.82. The second kappa shape index (κ2) is 4.76. The van der Waals surface area contributed by atoms with Crippen molar-refractivity contribution in [1.82, 2.24) is 4.90 Å². The van der Waals surface area contributed by atoms with Crippen molar-refractivity contribution in [1.29, 1.82) is 0 Å². The van der Waals surface area contributed by atoms with E-state index in [1.807, 2.05) is 6.08 Å². The van der Waals surface area contributed by atoms with Crippen LogP contribution >= 0.6 is 0 Å². The third-order valence-corrected chi connectivity index (χ3v) is 4.12. The van der Waals surface area contributed by atoms with Gasteiger partial charge in [0.15, 0.2) is 0 Å². The molecule has 2 rings (SSSR count). The van der Waals surface area contributed by atoms with Gasteiger partial charge in [-0.3, -0.25) is 0 Å². The summed E-state index contributed by atoms with van der Waals surface area (Å²) in [7, 11) is 4.15. The van der Waals surface area contributed by atoms with E-state index in [9.17, 15) is 5.11 Å². The van der Waals surface area contributed by atoms with Gasteiger partial charge in [0, 0.05) is 6.42 Å². The zero-order valence-electron chi connectivity index (χ0n) is 10.4. The summed E-state index contributed by atoms with van der Waals surface area (Å²) in [6.45, 7) is 0.732. The van der Waals surface area contributed by atoms with Crippen LogP contribution in [0.1, 0.15) is 38.5 Å². The quantitative estimate of drug-likeness (QED) is 0.796. The molecule has 1 aliphatic carbocycles. The number of aliphatic hydroxyl groups is 1. The highest BCUT2D eigenvalue weighted by atomic mass is 16.5. The highest BCUT2D eigenvalue weighted by molar-refractivity contribution is 5.14. The molecule has 0 spiro atoms. The van der Waals surface area contributed by atoms with Gasteiger partial charge in [-0.05, 0) is 33.0 Å². The molecule has 0 radical (unpaired) electrons. The Bertz CT molecular complexity index is 267. The fourth-order valence-corrected chi connectivity index (χ4v) is 3.02. The number of hydrogen-bond donors (Lipinski definition) is 1. The molecular weight excluding hydrogens is 202 g/mol. The van der Waals surface area contributed by atoms with Crippen LogP contribution in [0.2, 0.25) is 0 Å². The maximum atomic E-state index is 10.6. The summed E-state index contributed by atoms with van der Waals surface area (Å²) in [5, 5.41) is 10.6. The number of rotatable bonds is 3. The molecule has 0 aromatic heterocycles. The molecule has 0 amide bonds. The molecule has 0 saturated heterocycles. The lowest BCUT2D eigenvalue weighted by atomic mass is 9.76. The molecule has 0 aromatic carbocycles. The molecule has 2 aliphatic rings. The number of likely N-dealkylation sites (N-methyl/N-ethyl adjacent to an activating group) is 1. The van der Waals surface area contributed by atoms with Crippen molar-refractivity contribution in [2.75, 3.05) is 20.7 Å². The summed E-state index contributed by atoms with van der Waals surface area (Å²) in [5.74, 6) is 0.801. The number of ether oxygens (including phenoxy) is 1. The lowest BCUT2D eigenvalue weighted by Crippen LogP contribution is -2.55. The smallest absolute Gasteiger partial charge is 0.129 e. The fourth-order valence-electron chi connectivity index (χ4n) is 3.02. The summed E-state index contributed by atoms with van der Waals surface area (Å²) in [5.41, 5.74) is -0.103. The van der Waals surface area contributed by atoms with Crippen LogP contribution in [-0.2, 0) is 4.74 Å². The van der Waals surface area contributed by atoms with Gasteiger partial charge in [0.25, 0.3) is 0 Å². The van der Waals surface area contributed by atoms with E-state index >= 15 is 0 Å². The zero-order chi connectivity index (χ0) is 11.6. The third kappa shape index (κ3) is 1.98. The molecule has 1 N–H and O–H groups in total. The summed E-state index contributed by atoms with van der Waals surface area (Å²) in [6, 6.07) is 0. The molecule has 1 aliphatic heterocycles. The molecule has 1 unspecified atom stereocenters. The van der Waals surface area contributed by atoms with Crippen molar-refractivity contribution in [2.24, 2.45) is 0 Å². The van der Waals surface area contributed by atoms with Crippen LogP contribution in [-0.4, -0.2) is 42.4 Å². The second-order valence-electron chi connectivity index (χ2n) is 5.20. The standard InChI is InChI=1S/C13H23NO2/c1-14(2)13(8-4-3-5-9-13)12(15)11-7-6-10-16-11/h7,12,15H,3-6,8-10H2,1-2H3. The van der Waals surface area contributed by atoms with E-state index in [0.29, 0.717) is 0 Å². The number of nitrogens with zero attached hydrogens (tertiary/aromatic N) is 1. The summed E-state index contributed by atoms with van der Waals surface area (Å²) in [6.07, 6.45) is 8.39. The zero-order valence-corrected chi connectivity index (χ0v) is 10.4.